The summed E-state index contributed by atoms with van der Waals surface area (Å²) in [6.07, 6.45) is 2.47. The van der Waals surface area contributed by atoms with Crippen LogP contribution in [0, 0.1) is 0 Å². The Morgan fingerprint density at radius 1 is 1.44 bits per heavy atom. The molecule has 0 aliphatic rings. The molecule has 1 unspecified atom stereocenters. The van der Waals surface area contributed by atoms with Gasteiger partial charge >= 0.3 is 0 Å². The lowest BCUT2D eigenvalue weighted by molar-refractivity contribution is 0.186. The summed E-state index contributed by atoms with van der Waals surface area (Å²) in [4.78, 5) is 0. The zero-order chi connectivity index (χ0) is 12.1. The first-order valence-corrected chi connectivity index (χ1v) is 5.47. The predicted molar refractivity (Wildman–Crippen MR) is 62.6 cm³/mol. The molecule has 92 valence electrons. The number of aromatic nitrogens is 2. The van der Waals surface area contributed by atoms with Crippen molar-refractivity contribution in [3.63, 3.8) is 0 Å². The van der Waals surface area contributed by atoms with E-state index in [1.54, 1.807) is 20.4 Å². The monoisotopic (exact) mass is 227 g/mol. The van der Waals surface area contributed by atoms with Crippen molar-refractivity contribution < 1.29 is 9.47 Å². The second-order valence-corrected chi connectivity index (χ2v) is 4.02. The topological polar surface area (TPSA) is 62.3 Å². The standard InChI is InChI=1S/C11H21N3O2/c1-8(2)14-11(9(12)5-6-15-3)10(16-4)7-13-14/h7-9H,5-6,12H2,1-4H3. The van der Waals surface area contributed by atoms with E-state index in [9.17, 15) is 0 Å². The maximum absolute atomic E-state index is 6.12. The maximum Gasteiger partial charge on any atom is 0.161 e. The van der Waals surface area contributed by atoms with Gasteiger partial charge in [0.1, 0.15) is 0 Å². The van der Waals surface area contributed by atoms with Crippen molar-refractivity contribution in [2.24, 2.45) is 5.73 Å². The van der Waals surface area contributed by atoms with Gasteiger partial charge in [-0.3, -0.25) is 4.68 Å². The minimum absolute atomic E-state index is 0.111. The van der Waals surface area contributed by atoms with Crippen molar-refractivity contribution in [3.05, 3.63) is 11.9 Å². The van der Waals surface area contributed by atoms with Gasteiger partial charge in [0.05, 0.1) is 25.0 Å². The van der Waals surface area contributed by atoms with Crippen molar-refractivity contribution in [3.8, 4) is 5.75 Å². The van der Waals surface area contributed by atoms with Gasteiger partial charge < -0.3 is 15.2 Å². The Morgan fingerprint density at radius 2 is 2.12 bits per heavy atom. The van der Waals surface area contributed by atoms with E-state index >= 15 is 0 Å². The maximum atomic E-state index is 6.12. The molecule has 0 radical (unpaired) electrons. The average molecular weight is 227 g/mol. The number of ether oxygens (including phenoxy) is 2. The molecule has 1 heterocycles. The van der Waals surface area contributed by atoms with Gasteiger partial charge in [0, 0.05) is 19.8 Å². The smallest absolute Gasteiger partial charge is 0.161 e. The van der Waals surface area contributed by atoms with Crippen LogP contribution in [0.3, 0.4) is 0 Å². The molecule has 1 rings (SSSR count). The van der Waals surface area contributed by atoms with E-state index in [1.807, 2.05) is 4.68 Å². The van der Waals surface area contributed by atoms with Crippen LogP contribution in [0.1, 0.15) is 38.0 Å². The summed E-state index contributed by atoms with van der Waals surface area (Å²) in [6.45, 7) is 4.77. The Balaban J connectivity index is 2.93. The van der Waals surface area contributed by atoms with Crippen LogP contribution >= 0.6 is 0 Å². The highest BCUT2D eigenvalue weighted by atomic mass is 16.5. The molecule has 0 aliphatic heterocycles. The summed E-state index contributed by atoms with van der Waals surface area (Å²) in [5.41, 5.74) is 7.06. The average Bonchev–Trinajstić information content (AvgIpc) is 2.69. The lowest BCUT2D eigenvalue weighted by Gasteiger charge is -2.17. The van der Waals surface area contributed by atoms with E-state index in [4.69, 9.17) is 15.2 Å². The minimum atomic E-state index is -0.111. The number of hydrogen-bond acceptors (Lipinski definition) is 4. The van der Waals surface area contributed by atoms with Gasteiger partial charge in [-0.15, -0.1) is 0 Å². The highest BCUT2D eigenvalue weighted by Gasteiger charge is 2.19. The van der Waals surface area contributed by atoms with E-state index in [0.717, 1.165) is 17.9 Å². The fourth-order valence-corrected chi connectivity index (χ4v) is 1.66. The van der Waals surface area contributed by atoms with Crippen LogP contribution in [0.5, 0.6) is 5.75 Å². The predicted octanol–water partition coefficient (Wildman–Crippen LogP) is 1.51. The highest BCUT2D eigenvalue weighted by Crippen LogP contribution is 2.27. The second-order valence-electron chi connectivity index (χ2n) is 4.02. The molecule has 1 aromatic rings. The Labute approximate surface area is 96.5 Å². The van der Waals surface area contributed by atoms with E-state index in [-0.39, 0.29) is 12.1 Å². The third-order valence-electron chi connectivity index (χ3n) is 2.49. The van der Waals surface area contributed by atoms with E-state index in [0.29, 0.717) is 6.61 Å². The van der Waals surface area contributed by atoms with Gasteiger partial charge in [0.2, 0.25) is 0 Å². The lowest BCUT2D eigenvalue weighted by Crippen LogP contribution is -2.19. The van der Waals surface area contributed by atoms with Crippen molar-refractivity contribution in [2.45, 2.75) is 32.4 Å². The first-order chi connectivity index (χ1) is 7.61. The quantitative estimate of drug-likeness (QED) is 0.800. The molecule has 0 saturated carbocycles. The number of hydrogen-bond donors (Lipinski definition) is 1. The van der Waals surface area contributed by atoms with Crippen LogP contribution in [-0.2, 0) is 4.74 Å². The molecule has 5 heteroatoms. The summed E-state index contributed by atoms with van der Waals surface area (Å²) in [5.74, 6) is 0.748. The highest BCUT2D eigenvalue weighted by molar-refractivity contribution is 5.28. The van der Waals surface area contributed by atoms with Gasteiger partial charge in [-0.1, -0.05) is 0 Å². The molecule has 2 N–H and O–H groups in total. The van der Waals surface area contributed by atoms with Crippen molar-refractivity contribution in [1.29, 1.82) is 0 Å². The molecule has 0 fully saturated rings. The molecule has 0 aromatic carbocycles. The normalized spacial score (nSPS) is 13.1. The zero-order valence-corrected chi connectivity index (χ0v) is 10.4. The number of nitrogens with zero attached hydrogens (tertiary/aromatic N) is 2. The SMILES string of the molecule is COCCC(N)c1c(OC)cnn1C(C)C. The summed E-state index contributed by atoms with van der Waals surface area (Å²) in [5, 5.41) is 4.29. The van der Waals surface area contributed by atoms with E-state index < -0.39 is 0 Å². The molecule has 1 atom stereocenters. The molecule has 1 aromatic heterocycles. The van der Waals surface area contributed by atoms with Gasteiger partial charge in [-0.05, 0) is 20.3 Å². The van der Waals surface area contributed by atoms with Gasteiger partial charge in [0.15, 0.2) is 5.75 Å². The molecule has 0 spiro atoms. The summed E-state index contributed by atoms with van der Waals surface area (Å²) >= 11 is 0. The number of rotatable bonds is 6. The Hall–Kier alpha value is -1.07. The van der Waals surface area contributed by atoms with Crippen LogP contribution < -0.4 is 10.5 Å². The molecule has 0 amide bonds. The van der Waals surface area contributed by atoms with Crippen LogP contribution in [0.2, 0.25) is 0 Å². The van der Waals surface area contributed by atoms with Crippen LogP contribution in [-0.4, -0.2) is 30.6 Å². The zero-order valence-electron chi connectivity index (χ0n) is 10.4. The molecule has 0 aliphatic carbocycles. The van der Waals surface area contributed by atoms with Crippen LogP contribution in [0.4, 0.5) is 0 Å². The largest absolute Gasteiger partial charge is 0.493 e. The first-order valence-electron chi connectivity index (χ1n) is 5.47. The summed E-state index contributed by atoms with van der Waals surface area (Å²) in [6, 6.07) is 0.160. The Morgan fingerprint density at radius 3 is 2.62 bits per heavy atom. The van der Waals surface area contributed by atoms with Crippen molar-refractivity contribution >= 4 is 0 Å². The lowest BCUT2D eigenvalue weighted by atomic mass is 10.1. The molecule has 5 nitrogen and oxygen atoms in total. The second kappa shape index (κ2) is 5.86. The third-order valence-corrected chi connectivity index (χ3v) is 2.49. The van der Waals surface area contributed by atoms with E-state index in [1.165, 1.54) is 0 Å². The fourth-order valence-electron chi connectivity index (χ4n) is 1.66. The molecule has 0 bridgehead atoms. The molecular formula is C11H21N3O2. The third kappa shape index (κ3) is 2.74. The molecule has 16 heavy (non-hydrogen) atoms. The summed E-state index contributed by atoms with van der Waals surface area (Å²) in [7, 11) is 3.30. The molecular weight excluding hydrogens is 206 g/mol. The van der Waals surface area contributed by atoms with Crippen LogP contribution in [0.25, 0.3) is 0 Å². The number of methoxy groups -OCH3 is 2. The summed E-state index contributed by atoms with van der Waals surface area (Å²) < 4.78 is 12.2. The first kappa shape index (κ1) is 13.0. The Kier molecular flexibility index (Phi) is 4.76. The van der Waals surface area contributed by atoms with Crippen molar-refractivity contribution in [1.82, 2.24) is 9.78 Å². The Bertz CT molecular complexity index is 323. The van der Waals surface area contributed by atoms with Gasteiger partial charge in [-0.2, -0.15) is 5.10 Å². The van der Waals surface area contributed by atoms with Crippen LogP contribution in [0.15, 0.2) is 6.20 Å². The number of nitrogens with two attached hydrogens (primary N) is 1. The fraction of sp³-hybridized carbons (Fsp3) is 0.727. The van der Waals surface area contributed by atoms with E-state index in [2.05, 4.69) is 18.9 Å². The molecule has 0 saturated heterocycles. The van der Waals surface area contributed by atoms with Crippen molar-refractivity contribution in [2.75, 3.05) is 20.8 Å². The van der Waals surface area contributed by atoms with Gasteiger partial charge in [0.25, 0.3) is 0 Å². The van der Waals surface area contributed by atoms with Gasteiger partial charge in [-0.25, -0.2) is 0 Å². The minimum Gasteiger partial charge on any atom is -0.493 e.